The van der Waals surface area contributed by atoms with Crippen molar-refractivity contribution in [1.82, 2.24) is 24.6 Å². The number of aromatic nitrogens is 4. The molecule has 4 heterocycles. The molecule has 32 heavy (non-hydrogen) atoms. The van der Waals surface area contributed by atoms with E-state index in [-0.39, 0.29) is 0 Å². The summed E-state index contributed by atoms with van der Waals surface area (Å²) in [5, 5.41) is 4.93. The maximum atomic E-state index is 4.95. The van der Waals surface area contributed by atoms with Gasteiger partial charge in [-0.2, -0.15) is 5.10 Å². The molecule has 2 saturated heterocycles. The van der Waals surface area contributed by atoms with Gasteiger partial charge in [0.05, 0.1) is 11.4 Å². The lowest BCUT2D eigenvalue weighted by atomic mass is 9.90. The number of piperidine rings is 1. The zero-order valence-corrected chi connectivity index (χ0v) is 19.3. The predicted molar refractivity (Wildman–Crippen MR) is 129 cm³/mol. The largest absolute Gasteiger partial charge is 0.341 e. The lowest BCUT2D eigenvalue weighted by molar-refractivity contribution is 0.197. The maximum Gasteiger partial charge on any atom is 0.225 e. The van der Waals surface area contributed by atoms with Crippen LogP contribution < -0.4 is 4.90 Å². The van der Waals surface area contributed by atoms with E-state index in [0.29, 0.717) is 11.8 Å². The number of anilines is 1. The lowest BCUT2D eigenvalue weighted by Crippen LogP contribution is -2.37. The SMILES string of the molecule is C[C@@H](CN1CCC[C@H](c2nn(C)cc2-c2ccnc(N3CCCC3)n2)C1)c1ccccc1. The summed E-state index contributed by atoms with van der Waals surface area (Å²) in [5.41, 5.74) is 4.78. The lowest BCUT2D eigenvalue weighted by Gasteiger charge is -2.34. The molecule has 0 radical (unpaired) electrons. The van der Waals surface area contributed by atoms with Gasteiger partial charge in [0, 0.05) is 57.1 Å². The van der Waals surface area contributed by atoms with Gasteiger partial charge >= 0.3 is 0 Å². The quantitative estimate of drug-likeness (QED) is 0.578. The first-order chi connectivity index (χ1) is 15.7. The standard InChI is InChI=1S/C26H34N6/c1-20(21-9-4-3-5-10-21)17-31-14-8-11-22(18-31)25-23(19-30(2)29-25)24-12-13-27-26(28-24)32-15-6-7-16-32/h3-5,9-10,12-13,19-20,22H,6-8,11,14-18H2,1-2H3/t20-,22-/m0/s1. The van der Waals surface area contributed by atoms with Gasteiger partial charge in [0.15, 0.2) is 0 Å². The van der Waals surface area contributed by atoms with Gasteiger partial charge in [-0.15, -0.1) is 0 Å². The Morgan fingerprint density at radius 2 is 1.84 bits per heavy atom. The third-order valence-electron chi connectivity index (χ3n) is 6.96. The molecule has 2 aromatic heterocycles. The summed E-state index contributed by atoms with van der Waals surface area (Å²) < 4.78 is 1.95. The molecule has 5 rings (SSSR count). The van der Waals surface area contributed by atoms with Gasteiger partial charge in [-0.05, 0) is 49.8 Å². The van der Waals surface area contributed by atoms with Crippen LogP contribution in [0.1, 0.15) is 55.7 Å². The van der Waals surface area contributed by atoms with Crippen molar-refractivity contribution in [1.29, 1.82) is 0 Å². The minimum atomic E-state index is 0.438. The van der Waals surface area contributed by atoms with E-state index in [9.17, 15) is 0 Å². The van der Waals surface area contributed by atoms with E-state index in [1.165, 1.54) is 49.0 Å². The molecule has 2 fully saturated rings. The van der Waals surface area contributed by atoms with Gasteiger partial charge in [0.2, 0.25) is 5.95 Å². The van der Waals surface area contributed by atoms with Crippen LogP contribution in [-0.4, -0.2) is 57.4 Å². The van der Waals surface area contributed by atoms with E-state index < -0.39 is 0 Å². The third-order valence-corrected chi connectivity index (χ3v) is 6.96. The molecule has 1 aromatic carbocycles. The molecule has 3 aromatic rings. The highest BCUT2D eigenvalue weighted by molar-refractivity contribution is 5.63. The Hall–Kier alpha value is -2.73. The molecule has 168 valence electrons. The van der Waals surface area contributed by atoms with Crippen molar-refractivity contribution in [2.45, 2.75) is 44.4 Å². The zero-order chi connectivity index (χ0) is 21.9. The maximum absolute atomic E-state index is 4.95. The summed E-state index contributed by atoms with van der Waals surface area (Å²) in [7, 11) is 2.02. The first-order valence-corrected chi connectivity index (χ1v) is 12.1. The highest BCUT2D eigenvalue weighted by Gasteiger charge is 2.28. The van der Waals surface area contributed by atoms with E-state index in [1.807, 2.05) is 24.0 Å². The summed E-state index contributed by atoms with van der Waals surface area (Å²) in [4.78, 5) is 14.4. The van der Waals surface area contributed by atoms with E-state index in [1.54, 1.807) is 0 Å². The van der Waals surface area contributed by atoms with Gasteiger partial charge < -0.3 is 9.80 Å². The van der Waals surface area contributed by atoms with Crippen molar-refractivity contribution in [3.05, 3.63) is 60.0 Å². The monoisotopic (exact) mass is 430 g/mol. The van der Waals surface area contributed by atoms with Crippen LogP contribution in [-0.2, 0) is 7.05 Å². The number of likely N-dealkylation sites (tertiary alicyclic amines) is 1. The molecule has 0 bridgehead atoms. The summed E-state index contributed by atoms with van der Waals surface area (Å²) in [6.07, 6.45) is 8.89. The second kappa shape index (κ2) is 9.41. The Morgan fingerprint density at radius 1 is 1.03 bits per heavy atom. The molecule has 0 saturated carbocycles. The van der Waals surface area contributed by atoms with Crippen molar-refractivity contribution < 1.29 is 0 Å². The highest BCUT2D eigenvalue weighted by atomic mass is 15.3. The first-order valence-electron chi connectivity index (χ1n) is 12.1. The Kier molecular flexibility index (Phi) is 6.21. The smallest absolute Gasteiger partial charge is 0.225 e. The summed E-state index contributed by atoms with van der Waals surface area (Å²) in [6, 6.07) is 12.9. The van der Waals surface area contributed by atoms with Crippen LogP contribution in [0.15, 0.2) is 48.8 Å². The predicted octanol–water partition coefficient (Wildman–Crippen LogP) is 4.46. The fourth-order valence-corrected chi connectivity index (χ4v) is 5.29. The Bertz CT molecular complexity index is 1020. The van der Waals surface area contributed by atoms with Crippen molar-refractivity contribution in [2.75, 3.05) is 37.6 Å². The van der Waals surface area contributed by atoms with Crippen LogP contribution in [0.3, 0.4) is 0 Å². The normalized spacial score (nSPS) is 20.6. The molecular weight excluding hydrogens is 396 g/mol. The van der Waals surface area contributed by atoms with Gasteiger partial charge in [-0.25, -0.2) is 9.97 Å². The molecule has 2 aliphatic heterocycles. The summed E-state index contributed by atoms with van der Waals surface area (Å²) in [5.74, 6) is 1.83. The number of aryl methyl sites for hydroxylation is 1. The van der Waals surface area contributed by atoms with Crippen LogP contribution in [0.25, 0.3) is 11.3 Å². The van der Waals surface area contributed by atoms with Crippen molar-refractivity contribution in [3.63, 3.8) is 0 Å². The summed E-state index contributed by atoms with van der Waals surface area (Å²) >= 11 is 0. The van der Waals surface area contributed by atoms with E-state index >= 15 is 0 Å². The minimum absolute atomic E-state index is 0.438. The number of rotatable bonds is 6. The van der Waals surface area contributed by atoms with E-state index in [0.717, 1.165) is 37.8 Å². The Labute approximate surface area is 191 Å². The van der Waals surface area contributed by atoms with Crippen LogP contribution in [0.2, 0.25) is 0 Å². The van der Waals surface area contributed by atoms with Gasteiger partial charge in [-0.1, -0.05) is 37.3 Å². The van der Waals surface area contributed by atoms with Crippen LogP contribution in [0.4, 0.5) is 5.95 Å². The fraction of sp³-hybridized carbons (Fsp3) is 0.500. The number of hydrogen-bond donors (Lipinski definition) is 0. The number of benzene rings is 1. The zero-order valence-electron chi connectivity index (χ0n) is 19.3. The molecule has 0 spiro atoms. The molecule has 0 unspecified atom stereocenters. The van der Waals surface area contributed by atoms with Gasteiger partial charge in [-0.3, -0.25) is 4.68 Å². The number of hydrogen-bond acceptors (Lipinski definition) is 5. The Morgan fingerprint density at radius 3 is 2.66 bits per heavy atom. The third kappa shape index (κ3) is 4.56. The average Bonchev–Trinajstić information content (AvgIpc) is 3.50. The van der Waals surface area contributed by atoms with Crippen LogP contribution >= 0.6 is 0 Å². The summed E-state index contributed by atoms with van der Waals surface area (Å²) in [6.45, 7) is 7.77. The molecular formula is C26H34N6. The molecule has 0 amide bonds. The van der Waals surface area contributed by atoms with Crippen molar-refractivity contribution >= 4 is 5.95 Å². The molecule has 6 heteroatoms. The molecule has 0 N–H and O–H groups in total. The second-order valence-corrected chi connectivity index (χ2v) is 9.45. The highest BCUT2D eigenvalue weighted by Crippen LogP contribution is 2.34. The topological polar surface area (TPSA) is 50.1 Å². The van der Waals surface area contributed by atoms with Crippen LogP contribution in [0, 0.1) is 0 Å². The van der Waals surface area contributed by atoms with Crippen LogP contribution in [0.5, 0.6) is 0 Å². The first kappa shape index (κ1) is 21.1. The van der Waals surface area contributed by atoms with Crippen molar-refractivity contribution in [3.8, 4) is 11.3 Å². The second-order valence-electron chi connectivity index (χ2n) is 9.45. The molecule has 2 aliphatic rings. The fourth-order valence-electron chi connectivity index (χ4n) is 5.29. The van der Waals surface area contributed by atoms with E-state index in [4.69, 9.17) is 10.1 Å². The molecule has 2 atom stereocenters. The Balaban J connectivity index is 1.35. The number of nitrogens with zero attached hydrogens (tertiary/aromatic N) is 6. The average molecular weight is 431 g/mol. The van der Waals surface area contributed by atoms with E-state index in [2.05, 4.69) is 58.2 Å². The minimum Gasteiger partial charge on any atom is -0.341 e. The molecule has 6 nitrogen and oxygen atoms in total. The molecule has 0 aliphatic carbocycles. The van der Waals surface area contributed by atoms with Gasteiger partial charge in [0.1, 0.15) is 0 Å². The van der Waals surface area contributed by atoms with Gasteiger partial charge in [0.25, 0.3) is 0 Å². The van der Waals surface area contributed by atoms with Crippen molar-refractivity contribution in [2.24, 2.45) is 7.05 Å².